The van der Waals surface area contributed by atoms with E-state index in [0.717, 1.165) is 37.2 Å². The van der Waals surface area contributed by atoms with E-state index in [-0.39, 0.29) is 24.0 Å². The van der Waals surface area contributed by atoms with Crippen molar-refractivity contribution in [2.75, 3.05) is 26.4 Å². The number of nitrogens with one attached hydrogen (secondary N) is 3. The van der Waals surface area contributed by atoms with Gasteiger partial charge in [0.15, 0.2) is 5.96 Å². The van der Waals surface area contributed by atoms with E-state index in [0.29, 0.717) is 12.5 Å². The summed E-state index contributed by atoms with van der Waals surface area (Å²) in [6.07, 6.45) is 2.06. The molecule has 0 aromatic carbocycles. The molecule has 8 nitrogen and oxygen atoms in total. The van der Waals surface area contributed by atoms with Crippen LogP contribution in [0, 0.1) is 13.8 Å². The second-order valence-corrected chi connectivity index (χ2v) is 8.36. The first kappa shape index (κ1) is 24.1. The van der Waals surface area contributed by atoms with Crippen LogP contribution in [0.2, 0.25) is 0 Å². The van der Waals surface area contributed by atoms with Crippen molar-refractivity contribution < 1.29 is 8.42 Å². The number of hydrogen-bond donors (Lipinski definition) is 3. The smallest absolute Gasteiger partial charge is 0.209 e. The number of sulfonamides is 1. The standard InChI is InChI=1S/C15H30N6O2S.HI/c1-12-10-13(2)21(19-12)9-7-8-17-14(16-5)18-11-15(3,4)20-24(6,22)23;/h10,20H,7-9,11H2,1-6H3,(H2,16,17,18);1H. The number of rotatable bonds is 8. The second-order valence-electron chi connectivity index (χ2n) is 6.61. The molecule has 1 aromatic rings. The molecule has 0 saturated carbocycles. The molecule has 0 unspecified atom stereocenters. The molecule has 0 atom stereocenters. The molecule has 1 heterocycles. The van der Waals surface area contributed by atoms with Gasteiger partial charge in [0.25, 0.3) is 0 Å². The molecule has 0 amide bonds. The lowest BCUT2D eigenvalue weighted by Crippen LogP contribution is -2.53. The van der Waals surface area contributed by atoms with Crippen LogP contribution in [0.3, 0.4) is 0 Å². The molecule has 0 fully saturated rings. The number of aromatic nitrogens is 2. The molecule has 0 aliphatic carbocycles. The van der Waals surface area contributed by atoms with Crippen LogP contribution in [0.15, 0.2) is 11.1 Å². The van der Waals surface area contributed by atoms with E-state index in [2.05, 4.69) is 31.5 Å². The molecule has 146 valence electrons. The van der Waals surface area contributed by atoms with E-state index in [9.17, 15) is 8.42 Å². The Morgan fingerprint density at radius 1 is 1.32 bits per heavy atom. The van der Waals surface area contributed by atoms with Gasteiger partial charge in [-0.3, -0.25) is 9.67 Å². The zero-order valence-corrected chi connectivity index (χ0v) is 19.0. The number of halogens is 1. The SMILES string of the molecule is CN=C(NCCCn1nc(C)cc1C)NCC(C)(C)NS(C)(=O)=O.I. The Kier molecular flexibility index (Phi) is 9.95. The lowest BCUT2D eigenvalue weighted by Gasteiger charge is -2.26. The van der Waals surface area contributed by atoms with Gasteiger partial charge in [-0.05, 0) is 40.2 Å². The van der Waals surface area contributed by atoms with Crippen LogP contribution in [0.25, 0.3) is 0 Å². The third kappa shape index (κ3) is 10.00. The van der Waals surface area contributed by atoms with Crippen LogP contribution in [-0.2, 0) is 16.6 Å². The molecule has 1 aromatic heterocycles. The Balaban J connectivity index is 0.00000576. The van der Waals surface area contributed by atoms with Crippen molar-refractivity contribution >= 4 is 40.0 Å². The average molecular weight is 486 g/mol. The Labute approximate surface area is 168 Å². The summed E-state index contributed by atoms with van der Waals surface area (Å²) in [5, 5.41) is 10.8. The molecule has 25 heavy (non-hydrogen) atoms. The molecule has 10 heteroatoms. The highest BCUT2D eigenvalue weighted by Crippen LogP contribution is 2.03. The first-order valence-electron chi connectivity index (χ1n) is 7.97. The van der Waals surface area contributed by atoms with E-state index in [4.69, 9.17) is 0 Å². The average Bonchev–Trinajstić information content (AvgIpc) is 2.73. The number of guanidine groups is 1. The number of aryl methyl sites for hydroxylation is 3. The maximum absolute atomic E-state index is 11.3. The minimum absolute atomic E-state index is 0. The summed E-state index contributed by atoms with van der Waals surface area (Å²) < 4.78 is 27.3. The minimum Gasteiger partial charge on any atom is -0.356 e. The van der Waals surface area contributed by atoms with Gasteiger partial charge in [-0.2, -0.15) is 5.10 Å². The van der Waals surface area contributed by atoms with E-state index in [1.54, 1.807) is 7.05 Å². The molecule has 0 radical (unpaired) electrons. The third-order valence-electron chi connectivity index (χ3n) is 3.33. The summed E-state index contributed by atoms with van der Waals surface area (Å²) in [5.41, 5.74) is 1.58. The maximum Gasteiger partial charge on any atom is 0.209 e. The van der Waals surface area contributed by atoms with Crippen molar-refractivity contribution in [1.29, 1.82) is 0 Å². The van der Waals surface area contributed by atoms with Gasteiger partial charge in [-0.1, -0.05) is 0 Å². The Morgan fingerprint density at radius 3 is 2.44 bits per heavy atom. The topological polar surface area (TPSA) is 100 Å². The number of nitrogens with zero attached hydrogens (tertiary/aromatic N) is 3. The van der Waals surface area contributed by atoms with Crippen LogP contribution < -0.4 is 15.4 Å². The van der Waals surface area contributed by atoms with Crippen molar-refractivity contribution in [2.24, 2.45) is 4.99 Å². The lowest BCUT2D eigenvalue weighted by atomic mass is 10.1. The largest absolute Gasteiger partial charge is 0.356 e. The molecule has 0 aliphatic rings. The molecule has 0 spiro atoms. The summed E-state index contributed by atoms with van der Waals surface area (Å²) >= 11 is 0. The van der Waals surface area contributed by atoms with Gasteiger partial charge < -0.3 is 10.6 Å². The predicted octanol–water partition coefficient (Wildman–Crippen LogP) is 1.00. The van der Waals surface area contributed by atoms with Gasteiger partial charge in [0.2, 0.25) is 10.0 Å². The minimum atomic E-state index is -3.25. The van der Waals surface area contributed by atoms with Gasteiger partial charge in [0.1, 0.15) is 0 Å². The second kappa shape index (κ2) is 10.3. The molecule has 3 N–H and O–H groups in total. The third-order valence-corrected chi connectivity index (χ3v) is 4.25. The summed E-state index contributed by atoms with van der Waals surface area (Å²) in [5.74, 6) is 0.645. The quantitative estimate of drug-likeness (QED) is 0.220. The van der Waals surface area contributed by atoms with E-state index >= 15 is 0 Å². The maximum atomic E-state index is 11.3. The molecule has 0 aliphatic heterocycles. The predicted molar refractivity (Wildman–Crippen MR) is 113 cm³/mol. The summed E-state index contributed by atoms with van der Waals surface area (Å²) in [4.78, 5) is 4.15. The Hall–Kier alpha value is -0.880. The van der Waals surface area contributed by atoms with Crippen molar-refractivity contribution in [3.05, 3.63) is 17.5 Å². The van der Waals surface area contributed by atoms with Crippen molar-refractivity contribution in [1.82, 2.24) is 25.1 Å². The van der Waals surface area contributed by atoms with Crippen LogP contribution in [0.1, 0.15) is 31.7 Å². The van der Waals surface area contributed by atoms with Crippen LogP contribution in [0.4, 0.5) is 0 Å². The highest BCUT2D eigenvalue weighted by atomic mass is 127. The molecule has 0 bridgehead atoms. The number of aliphatic imine (C=N–C) groups is 1. The van der Waals surface area contributed by atoms with Crippen LogP contribution in [0.5, 0.6) is 0 Å². The van der Waals surface area contributed by atoms with E-state index in [1.165, 1.54) is 0 Å². The normalized spacial score (nSPS) is 12.6. The molecule has 0 saturated heterocycles. The van der Waals surface area contributed by atoms with E-state index < -0.39 is 15.6 Å². The van der Waals surface area contributed by atoms with Crippen LogP contribution in [-0.4, -0.2) is 56.1 Å². The zero-order chi connectivity index (χ0) is 18.4. The van der Waals surface area contributed by atoms with Crippen molar-refractivity contribution in [3.63, 3.8) is 0 Å². The Bertz CT molecular complexity index is 670. The fourth-order valence-corrected chi connectivity index (χ4v) is 3.48. The summed E-state index contributed by atoms with van der Waals surface area (Å²) in [6, 6.07) is 2.06. The van der Waals surface area contributed by atoms with Gasteiger partial charge in [0, 0.05) is 37.9 Å². The van der Waals surface area contributed by atoms with Crippen molar-refractivity contribution in [3.8, 4) is 0 Å². The summed E-state index contributed by atoms with van der Waals surface area (Å²) in [7, 11) is -1.56. The van der Waals surface area contributed by atoms with Gasteiger partial charge in [-0.25, -0.2) is 13.1 Å². The van der Waals surface area contributed by atoms with Crippen LogP contribution >= 0.6 is 24.0 Å². The van der Waals surface area contributed by atoms with Gasteiger partial charge in [0.05, 0.1) is 11.9 Å². The fraction of sp³-hybridized carbons (Fsp3) is 0.733. The Morgan fingerprint density at radius 2 is 1.96 bits per heavy atom. The summed E-state index contributed by atoms with van der Waals surface area (Å²) in [6.45, 7) is 9.68. The zero-order valence-electron chi connectivity index (χ0n) is 15.9. The van der Waals surface area contributed by atoms with Crippen molar-refractivity contribution in [2.45, 2.75) is 46.2 Å². The first-order chi connectivity index (χ1) is 11.0. The fourth-order valence-electron chi connectivity index (χ4n) is 2.40. The number of hydrogen-bond acceptors (Lipinski definition) is 4. The highest BCUT2D eigenvalue weighted by molar-refractivity contribution is 14.0. The monoisotopic (exact) mass is 486 g/mol. The lowest BCUT2D eigenvalue weighted by molar-refractivity contribution is 0.446. The first-order valence-corrected chi connectivity index (χ1v) is 9.86. The molecular weight excluding hydrogens is 455 g/mol. The van der Waals surface area contributed by atoms with E-state index in [1.807, 2.05) is 32.4 Å². The molecular formula is C15H31IN6O2S. The van der Waals surface area contributed by atoms with Gasteiger partial charge in [-0.15, -0.1) is 24.0 Å². The van der Waals surface area contributed by atoms with Gasteiger partial charge >= 0.3 is 0 Å². The highest BCUT2D eigenvalue weighted by Gasteiger charge is 2.22. The molecule has 1 rings (SSSR count).